The Morgan fingerprint density at radius 1 is 1.22 bits per heavy atom. The molecule has 2 aromatic rings. The molecule has 0 aliphatic carbocycles. The fourth-order valence-corrected chi connectivity index (χ4v) is 4.70. The molecule has 1 amide bonds. The van der Waals surface area contributed by atoms with Gasteiger partial charge in [0.15, 0.2) is 0 Å². The lowest BCUT2D eigenvalue weighted by Crippen LogP contribution is -2.49. The van der Waals surface area contributed by atoms with E-state index in [-0.39, 0.29) is 12.5 Å². The van der Waals surface area contributed by atoms with Crippen molar-refractivity contribution in [2.24, 2.45) is 5.92 Å². The predicted molar refractivity (Wildman–Crippen MR) is 147 cm³/mol. The van der Waals surface area contributed by atoms with Crippen LogP contribution < -0.4 is 10.2 Å². The first-order chi connectivity index (χ1) is 17.9. The lowest BCUT2D eigenvalue weighted by molar-refractivity contribution is -0.181. The number of amides is 1. The SMILES string of the molecule is C[C@@H](O)[C@H]1[C@@H](CO)ON(Cc2cccc(C#CCCCCl)c2)[C@H]1C(=O)NCCCN(C)c1ccccc1. The van der Waals surface area contributed by atoms with Crippen LogP contribution in [0.15, 0.2) is 54.6 Å². The van der Waals surface area contributed by atoms with Crippen LogP contribution in [-0.2, 0) is 16.2 Å². The number of benzene rings is 2. The number of alkyl halides is 1. The number of para-hydroxylation sites is 1. The Balaban J connectivity index is 1.65. The summed E-state index contributed by atoms with van der Waals surface area (Å²) in [6.45, 7) is 2.94. The smallest absolute Gasteiger partial charge is 0.240 e. The third-order valence-electron chi connectivity index (χ3n) is 6.48. The van der Waals surface area contributed by atoms with Crippen LogP contribution in [0, 0.1) is 17.8 Å². The van der Waals surface area contributed by atoms with Gasteiger partial charge in [-0.05, 0) is 49.6 Å². The van der Waals surface area contributed by atoms with Gasteiger partial charge < -0.3 is 20.4 Å². The van der Waals surface area contributed by atoms with Crippen LogP contribution in [0.3, 0.4) is 0 Å². The number of rotatable bonds is 12. The van der Waals surface area contributed by atoms with E-state index in [1.54, 1.807) is 12.0 Å². The third kappa shape index (κ3) is 8.46. The monoisotopic (exact) mass is 527 g/mol. The first-order valence-corrected chi connectivity index (χ1v) is 13.4. The van der Waals surface area contributed by atoms with Crippen molar-refractivity contribution in [3.63, 3.8) is 0 Å². The zero-order chi connectivity index (χ0) is 26.6. The summed E-state index contributed by atoms with van der Waals surface area (Å²) in [5, 5.41) is 25.0. The van der Waals surface area contributed by atoms with Crippen molar-refractivity contribution in [2.75, 3.05) is 37.5 Å². The molecule has 1 aliphatic heterocycles. The number of hydroxylamine groups is 2. The van der Waals surface area contributed by atoms with Crippen LogP contribution in [0.25, 0.3) is 0 Å². The Bertz CT molecular complexity index is 1040. The number of anilines is 1. The Morgan fingerprint density at radius 3 is 2.70 bits per heavy atom. The molecule has 0 radical (unpaired) electrons. The van der Waals surface area contributed by atoms with E-state index in [4.69, 9.17) is 16.4 Å². The average molecular weight is 528 g/mol. The molecule has 1 saturated heterocycles. The lowest BCUT2D eigenvalue weighted by atomic mass is 9.89. The summed E-state index contributed by atoms with van der Waals surface area (Å²) >= 11 is 5.72. The molecule has 2 aromatic carbocycles. The van der Waals surface area contributed by atoms with E-state index < -0.39 is 24.2 Å². The van der Waals surface area contributed by atoms with Gasteiger partial charge in [0.1, 0.15) is 12.1 Å². The second-order valence-corrected chi connectivity index (χ2v) is 9.74. The van der Waals surface area contributed by atoms with Crippen LogP contribution in [0.2, 0.25) is 0 Å². The van der Waals surface area contributed by atoms with Gasteiger partial charge in [-0.1, -0.05) is 42.2 Å². The highest BCUT2D eigenvalue weighted by molar-refractivity contribution is 6.17. The number of carbonyl (C=O) groups excluding carboxylic acids is 1. The molecule has 4 atom stereocenters. The zero-order valence-corrected chi connectivity index (χ0v) is 22.4. The Hall–Kier alpha value is -2.60. The Morgan fingerprint density at radius 2 is 2.00 bits per heavy atom. The summed E-state index contributed by atoms with van der Waals surface area (Å²) in [4.78, 5) is 21.5. The number of hydrogen-bond donors (Lipinski definition) is 3. The standard InChI is InChI=1S/C29H38ClN3O4/c1-22(35)27-26(21-34)37-33(20-24-13-9-12-23(19-24)11-5-4-8-16-30)28(27)29(36)31-17-10-18-32(2)25-14-6-3-7-15-25/h3,6-7,9,12-15,19,22,26-28,34-35H,4,8,10,16-18,20-21H2,1-2H3,(H,31,36)/t22-,26-,27+,28-/m1/s1. The van der Waals surface area contributed by atoms with Gasteiger partial charge in [-0.15, -0.1) is 11.6 Å². The minimum Gasteiger partial charge on any atom is -0.394 e. The minimum absolute atomic E-state index is 0.221. The van der Waals surface area contributed by atoms with Gasteiger partial charge in [-0.25, -0.2) is 0 Å². The summed E-state index contributed by atoms with van der Waals surface area (Å²) in [5.41, 5.74) is 2.92. The number of nitrogens with one attached hydrogen (secondary N) is 1. The molecule has 1 heterocycles. The second-order valence-electron chi connectivity index (χ2n) is 9.36. The summed E-state index contributed by atoms with van der Waals surface area (Å²) in [6, 6.07) is 17.1. The summed E-state index contributed by atoms with van der Waals surface area (Å²) in [6.07, 6.45) is 0.844. The minimum atomic E-state index is -0.832. The number of unbranched alkanes of at least 4 members (excludes halogenated alkanes) is 1. The van der Waals surface area contributed by atoms with Crippen LogP contribution in [0.1, 0.15) is 37.3 Å². The van der Waals surface area contributed by atoms with Gasteiger partial charge in [-0.3, -0.25) is 9.63 Å². The molecular formula is C29H38ClN3O4. The summed E-state index contributed by atoms with van der Waals surface area (Å²) in [5.74, 6) is 6.08. The molecule has 8 heteroatoms. The molecule has 37 heavy (non-hydrogen) atoms. The molecule has 3 N–H and O–H groups in total. The van der Waals surface area contributed by atoms with E-state index in [2.05, 4.69) is 34.2 Å². The fourth-order valence-electron chi connectivity index (χ4n) is 4.57. The molecule has 0 bridgehead atoms. The molecule has 1 fully saturated rings. The molecule has 0 spiro atoms. The van der Waals surface area contributed by atoms with Crippen molar-refractivity contribution in [3.05, 3.63) is 65.7 Å². The van der Waals surface area contributed by atoms with Crippen LogP contribution >= 0.6 is 11.6 Å². The molecule has 1 aliphatic rings. The number of aliphatic hydroxyl groups excluding tert-OH is 2. The number of hydrogen-bond acceptors (Lipinski definition) is 6. The second kappa shape index (κ2) is 15.0. The molecule has 0 unspecified atom stereocenters. The quantitative estimate of drug-likeness (QED) is 0.223. The van der Waals surface area contributed by atoms with E-state index >= 15 is 0 Å². The van der Waals surface area contributed by atoms with Crippen molar-refractivity contribution in [1.82, 2.24) is 10.4 Å². The van der Waals surface area contributed by atoms with Crippen LogP contribution in [0.4, 0.5) is 5.69 Å². The zero-order valence-electron chi connectivity index (χ0n) is 21.6. The van der Waals surface area contributed by atoms with Gasteiger partial charge in [0.05, 0.1) is 19.3 Å². The molecule has 200 valence electrons. The van der Waals surface area contributed by atoms with Gasteiger partial charge in [0.25, 0.3) is 0 Å². The topological polar surface area (TPSA) is 85.3 Å². The average Bonchev–Trinajstić information content (AvgIpc) is 3.28. The van der Waals surface area contributed by atoms with Crippen molar-refractivity contribution in [1.29, 1.82) is 0 Å². The lowest BCUT2D eigenvalue weighted by Gasteiger charge is -2.26. The van der Waals surface area contributed by atoms with Crippen molar-refractivity contribution >= 4 is 23.2 Å². The molecule has 0 saturated carbocycles. The maximum atomic E-state index is 13.3. The molecule has 7 nitrogen and oxygen atoms in total. The summed E-state index contributed by atoms with van der Waals surface area (Å²) in [7, 11) is 2.02. The highest BCUT2D eigenvalue weighted by atomic mass is 35.5. The van der Waals surface area contributed by atoms with Gasteiger partial charge in [0.2, 0.25) is 5.91 Å². The normalized spacial score (nSPS) is 20.2. The maximum absolute atomic E-state index is 13.3. The van der Waals surface area contributed by atoms with Crippen molar-refractivity contribution < 1.29 is 19.8 Å². The molecule has 3 rings (SSSR count). The van der Waals surface area contributed by atoms with Crippen LogP contribution in [-0.4, -0.2) is 72.1 Å². The number of carbonyl (C=O) groups is 1. The van der Waals surface area contributed by atoms with E-state index in [1.165, 1.54) is 0 Å². The van der Waals surface area contributed by atoms with E-state index in [9.17, 15) is 15.0 Å². The third-order valence-corrected chi connectivity index (χ3v) is 6.75. The Labute approximate surface area is 225 Å². The highest BCUT2D eigenvalue weighted by Crippen LogP contribution is 2.32. The summed E-state index contributed by atoms with van der Waals surface area (Å²) < 4.78 is 0. The highest BCUT2D eigenvalue weighted by Gasteiger charge is 2.49. The van der Waals surface area contributed by atoms with E-state index in [1.807, 2.05) is 49.5 Å². The van der Waals surface area contributed by atoms with E-state index in [0.29, 0.717) is 19.0 Å². The maximum Gasteiger partial charge on any atom is 0.240 e. The predicted octanol–water partition coefficient (Wildman–Crippen LogP) is 3.17. The van der Waals surface area contributed by atoms with E-state index in [0.717, 1.165) is 42.6 Å². The fraction of sp³-hybridized carbons (Fsp3) is 0.483. The first kappa shape index (κ1) is 29.0. The first-order valence-electron chi connectivity index (χ1n) is 12.8. The molecular weight excluding hydrogens is 490 g/mol. The van der Waals surface area contributed by atoms with Crippen molar-refractivity contribution in [2.45, 2.75) is 51.0 Å². The Kier molecular flexibility index (Phi) is 11.7. The van der Waals surface area contributed by atoms with Crippen molar-refractivity contribution in [3.8, 4) is 11.8 Å². The van der Waals surface area contributed by atoms with Gasteiger partial charge in [-0.2, -0.15) is 5.06 Å². The number of nitrogens with zero attached hydrogens (tertiary/aromatic N) is 2. The largest absolute Gasteiger partial charge is 0.394 e. The number of halogens is 1. The van der Waals surface area contributed by atoms with Gasteiger partial charge >= 0.3 is 0 Å². The molecule has 0 aromatic heterocycles. The van der Waals surface area contributed by atoms with Gasteiger partial charge in [0, 0.05) is 49.6 Å². The number of aliphatic hydroxyl groups is 2. The van der Waals surface area contributed by atoms with Crippen LogP contribution in [0.5, 0.6) is 0 Å².